The lowest BCUT2D eigenvalue weighted by Crippen LogP contribution is -2.41. The van der Waals surface area contributed by atoms with Gasteiger partial charge >= 0.3 is 0 Å². The number of hydrazine groups is 2. The van der Waals surface area contributed by atoms with Gasteiger partial charge in [-0.1, -0.05) is 29.3 Å². The van der Waals surface area contributed by atoms with Gasteiger partial charge in [0.05, 0.1) is 54.3 Å². The molecular weight excluding hydrogens is 582 g/mol. The Hall–Kier alpha value is -4.14. The molecule has 0 spiro atoms. The maximum Gasteiger partial charge on any atom is 0.141 e. The average Bonchev–Trinajstić information content (AvgIpc) is 3.64. The number of benzene rings is 3. The fourth-order valence-corrected chi connectivity index (χ4v) is 5.78. The Morgan fingerprint density at radius 2 is 1.88 bits per heavy atom. The first-order valence-electron chi connectivity index (χ1n) is 12.7. The van der Waals surface area contributed by atoms with Crippen molar-refractivity contribution in [3.63, 3.8) is 0 Å². The molecule has 1 aliphatic rings. The number of nitrogens with one attached hydrogen (secondary N) is 4. The van der Waals surface area contributed by atoms with Crippen LogP contribution in [0.15, 0.2) is 72.1 Å². The normalized spacial score (nSPS) is 13.8. The molecule has 12 heteroatoms. The van der Waals surface area contributed by atoms with Gasteiger partial charge in [-0.05, 0) is 61.9 Å². The number of aromatic nitrogens is 2. The minimum absolute atomic E-state index is 0.0330. The summed E-state index contributed by atoms with van der Waals surface area (Å²) < 4.78 is 14.9. The quantitative estimate of drug-likeness (QED) is 0.150. The summed E-state index contributed by atoms with van der Waals surface area (Å²) in [6, 6.07) is 16.3. The standard InChI is InChI=1S/C29H23Cl2FN8S/c1-15(2)40-13-25(38-39-40)28(16-3-6-24-26(7-16)41-14-35-24)37-19-8-20-27(36-18-4-5-23(32)21(30)9-18)17(11-33)12-34-29(20)22(31)10-19/h3-10,12-15,28,37-39H,1-2H3,(H,34,36)/t28-/m0/s1. The van der Waals surface area contributed by atoms with Crippen LogP contribution in [0.25, 0.3) is 21.1 Å². The number of rotatable bonds is 7. The Labute approximate surface area is 249 Å². The van der Waals surface area contributed by atoms with E-state index in [1.807, 2.05) is 41.0 Å². The van der Waals surface area contributed by atoms with Crippen molar-refractivity contribution >= 4 is 72.7 Å². The average molecular weight is 606 g/mol. The van der Waals surface area contributed by atoms with Crippen LogP contribution in [0.1, 0.15) is 31.0 Å². The molecule has 3 heterocycles. The van der Waals surface area contributed by atoms with Crippen LogP contribution in [0.4, 0.5) is 21.5 Å². The molecule has 0 aliphatic carbocycles. The fraction of sp³-hybridized carbons (Fsp3) is 0.138. The third kappa shape index (κ3) is 5.33. The summed E-state index contributed by atoms with van der Waals surface area (Å²) >= 11 is 14.3. The number of thiazole rings is 1. The zero-order valence-electron chi connectivity index (χ0n) is 21.8. The smallest absolute Gasteiger partial charge is 0.141 e. The van der Waals surface area contributed by atoms with Gasteiger partial charge in [0.2, 0.25) is 0 Å². The number of halogens is 3. The largest absolute Gasteiger partial charge is 0.373 e. The molecule has 1 atom stereocenters. The number of hydrogen-bond donors (Lipinski definition) is 4. The zero-order valence-corrected chi connectivity index (χ0v) is 24.2. The van der Waals surface area contributed by atoms with Crippen LogP contribution >= 0.6 is 34.5 Å². The molecule has 206 valence electrons. The van der Waals surface area contributed by atoms with Crippen molar-refractivity contribution in [2.24, 2.45) is 0 Å². The summed E-state index contributed by atoms with van der Waals surface area (Å²) in [4.78, 5) is 8.86. The van der Waals surface area contributed by atoms with Gasteiger partial charge in [-0.25, -0.2) is 9.37 Å². The number of fused-ring (bicyclic) bond motifs is 2. The van der Waals surface area contributed by atoms with E-state index < -0.39 is 5.82 Å². The van der Waals surface area contributed by atoms with E-state index in [1.165, 1.54) is 18.3 Å². The molecule has 6 rings (SSSR count). The molecule has 0 amide bonds. The van der Waals surface area contributed by atoms with Gasteiger partial charge in [-0.15, -0.1) is 16.9 Å². The fourth-order valence-electron chi connectivity index (χ4n) is 4.61. The highest BCUT2D eigenvalue weighted by Gasteiger charge is 2.25. The Balaban J connectivity index is 1.45. The molecule has 5 aromatic rings. The van der Waals surface area contributed by atoms with E-state index in [0.717, 1.165) is 21.5 Å². The van der Waals surface area contributed by atoms with E-state index >= 15 is 0 Å². The van der Waals surface area contributed by atoms with Gasteiger partial charge in [0.25, 0.3) is 0 Å². The van der Waals surface area contributed by atoms with Crippen molar-refractivity contribution in [1.29, 1.82) is 5.26 Å². The molecule has 3 aromatic carbocycles. The zero-order chi connectivity index (χ0) is 28.7. The molecule has 1 aliphatic heterocycles. The number of hydrogen-bond acceptors (Lipinski definition) is 9. The van der Waals surface area contributed by atoms with Crippen LogP contribution in [0, 0.1) is 17.1 Å². The van der Waals surface area contributed by atoms with E-state index in [9.17, 15) is 9.65 Å². The van der Waals surface area contributed by atoms with Crippen molar-refractivity contribution in [2.45, 2.75) is 25.9 Å². The highest BCUT2D eigenvalue weighted by atomic mass is 35.5. The summed E-state index contributed by atoms with van der Waals surface area (Å²) in [5.74, 6) is -0.533. The molecule has 4 N–H and O–H groups in total. The summed E-state index contributed by atoms with van der Waals surface area (Å²) in [6.07, 6.45) is 3.49. The van der Waals surface area contributed by atoms with Gasteiger partial charge in [0, 0.05) is 35.2 Å². The molecule has 2 aromatic heterocycles. The van der Waals surface area contributed by atoms with E-state index in [2.05, 4.69) is 57.5 Å². The highest BCUT2D eigenvalue weighted by molar-refractivity contribution is 7.16. The van der Waals surface area contributed by atoms with Crippen molar-refractivity contribution in [2.75, 3.05) is 10.6 Å². The van der Waals surface area contributed by atoms with Crippen LogP contribution in [0.2, 0.25) is 10.0 Å². The lowest BCUT2D eigenvalue weighted by Gasteiger charge is -2.22. The van der Waals surface area contributed by atoms with Crippen molar-refractivity contribution in [3.05, 3.63) is 99.1 Å². The Bertz CT molecular complexity index is 1870. The van der Waals surface area contributed by atoms with Gasteiger partial charge in [-0.3, -0.25) is 9.99 Å². The van der Waals surface area contributed by atoms with Crippen LogP contribution in [-0.4, -0.2) is 21.0 Å². The van der Waals surface area contributed by atoms with Gasteiger partial charge in [0.15, 0.2) is 0 Å². The van der Waals surface area contributed by atoms with E-state index in [4.69, 9.17) is 23.2 Å². The molecule has 0 saturated heterocycles. The summed E-state index contributed by atoms with van der Waals surface area (Å²) in [7, 11) is 0. The lowest BCUT2D eigenvalue weighted by molar-refractivity contribution is 0.221. The Morgan fingerprint density at radius 1 is 1.05 bits per heavy atom. The van der Waals surface area contributed by atoms with Gasteiger partial charge < -0.3 is 16.1 Å². The summed E-state index contributed by atoms with van der Waals surface area (Å²) in [5, 5.41) is 19.7. The van der Waals surface area contributed by atoms with E-state index in [1.54, 1.807) is 17.4 Å². The predicted molar refractivity (Wildman–Crippen MR) is 163 cm³/mol. The molecule has 0 fully saturated rings. The SMILES string of the molecule is CC(C)N1C=C([C@@H](Nc2cc(Cl)c3ncc(C#N)c(Nc4ccc(F)c(Cl)c4)c3c2)c2ccc3ncsc3c2)NN1. The number of pyridine rings is 1. The maximum atomic E-state index is 13.8. The monoisotopic (exact) mass is 604 g/mol. The number of anilines is 3. The number of nitrogens with zero attached hydrogens (tertiary/aromatic N) is 4. The second-order valence-electron chi connectivity index (χ2n) is 9.75. The molecule has 8 nitrogen and oxygen atoms in total. The summed E-state index contributed by atoms with van der Waals surface area (Å²) in [6.45, 7) is 4.18. The second kappa shape index (κ2) is 11.0. The first-order chi connectivity index (χ1) is 19.8. The maximum absolute atomic E-state index is 13.8. The first kappa shape index (κ1) is 27.1. The van der Waals surface area contributed by atoms with Gasteiger partial charge in [-0.2, -0.15) is 5.26 Å². The molecule has 0 saturated carbocycles. The molecule has 0 radical (unpaired) electrons. The topological polar surface area (TPSA) is 101 Å². The first-order valence-corrected chi connectivity index (χ1v) is 14.3. The minimum atomic E-state index is -0.533. The Kier molecular flexibility index (Phi) is 7.28. The second-order valence-corrected chi connectivity index (χ2v) is 11.4. The van der Waals surface area contributed by atoms with Crippen molar-refractivity contribution in [3.8, 4) is 6.07 Å². The summed E-state index contributed by atoms with van der Waals surface area (Å²) in [5.41, 5.74) is 13.7. The predicted octanol–water partition coefficient (Wildman–Crippen LogP) is 7.63. The minimum Gasteiger partial charge on any atom is -0.373 e. The van der Waals surface area contributed by atoms with Crippen LogP contribution < -0.4 is 21.6 Å². The number of nitriles is 1. The molecule has 0 bridgehead atoms. The van der Waals surface area contributed by atoms with Gasteiger partial charge in [0.1, 0.15) is 11.9 Å². The van der Waals surface area contributed by atoms with E-state index in [-0.39, 0.29) is 17.1 Å². The van der Waals surface area contributed by atoms with Crippen LogP contribution in [-0.2, 0) is 0 Å². The lowest BCUT2D eigenvalue weighted by atomic mass is 10.0. The van der Waals surface area contributed by atoms with E-state index in [0.29, 0.717) is 38.6 Å². The molecule has 0 unspecified atom stereocenters. The third-order valence-corrected chi connectivity index (χ3v) is 8.08. The highest BCUT2D eigenvalue weighted by Crippen LogP contribution is 2.38. The van der Waals surface area contributed by atoms with Crippen LogP contribution in [0.3, 0.4) is 0 Å². The van der Waals surface area contributed by atoms with Crippen molar-refractivity contribution in [1.82, 2.24) is 25.9 Å². The van der Waals surface area contributed by atoms with Crippen molar-refractivity contribution < 1.29 is 4.39 Å². The molecular formula is C29H23Cl2FN8S. The van der Waals surface area contributed by atoms with Crippen LogP contribution in [0.5, 0.6) is 0 Å². The molecule has 41 heavy (non-hydrogen) atoms. The Morgan fingerprint density at radius 3 is 2.63 bits per heavy atom. The third-order valence-electron chi connectivity index (χ3n) is 6.71.